The molecule has 1 heterocycles. The normalized spacial score (nSPS) is 14.6. The van der Waals surface area contributed by atoms with Gasteiger partial charge in [-0.05, 0) is 67.2 Å². The van der Waals surface area contributed by atoms with Crippen molar-refractivity contribution in [3.63, 3.8) is 0 Å². The van der Waals surface area contributed by atoms with Gasteiger partial charge in [0.05, 0.1) is 12.8 Å². The second-order valence-corrected chi connectivity index (χ2v) is 8.10. The summed E-state index contributed by atoms with van der Waals surface area (Å²) in [4.78, 5) is 27.1. The van der Waals surface area contributed by atoms with Crippen LogP contribution in [0, 0.1) is 6.92 Å². The Morgan fingerprint density at radius 3 is 2.34 bits per heavy atom. The van der Waals surface area contributed by atoms with Crippen LogP contribution in [0.15, 0.2) is 78.4 Å². The van der Waals surface area contributed by atoms with Crippen LogP contribution >= 0.6 is 12.2 Å². The maximum Gasteiger partial charge on any atom is 0.270 e. The minimum atomic E-state index is -0.555. The maximum atomic E-state index is 13.2. The van der Waals surface area contributed by atoms with Crippen molar-refractivity contribution in [1.29, 1.82) is 0 Å². The van der Waals surface area contributed by atoms with Crippen LogP contribution in [0.5, 0.6) is 17.2 Å². The third-order valence-electron chi connectivity index (χ3n) is 5.25. The monoisotopic (exact) mass is 488 g/mol. The Labute approximate surface area is 208 Å². The number of nitrogens with zero attached hydrogens (tertiary/aromatic N) is 1. The van der Waals surface area contributed by atoms with Gasteiger partial charge in [-0.3, -0.25) is 19.8 Å². The van der Waals surface area contributed by atoms with Crippen LogP contribution < -0.4 is 24.4 Å². The van der Waals surface area contributed by atoms with E-state index in [-0.39, 0.29) is 10.7 Å². The Hall–Kier alpha value is -4.17. The standard InChI is InChI=1S/C27H24N2O5S/c1-18-8-11-20(12-9-18)29-26(31)22(25(30)28-27(29)35)16-19-10-13-23(24(17-19)32-2)34-15-14-33-21-6-4-3-5-7-21/h3-13,16-17H,14-15H2,1-2H3,(H,28,30,35). The van der Waals surface area contributed by atoms with Gasteiger partial charge in [0.25, 0.3) is 11.8 Å². The molecule has 35 heavy (non-hydrogen) atoms. The predicted octanol–water partition coefficient (Wildman–Crippen LogP) is 4.29. The van der Waals surface area contributed by atoms with Gasteiger partial charge in [0.15, 0.2) is 16.6 Å². The quantitative estimate of drug-likeness (QED) is 0.221. The lowest BCUT2D eigenvalue weighted by molar-refractivity contribution is -0.122. The molecule has 1 aliphatic rings. The third kappa shape index (κ3) is 5.67. The van der Waals surface area contributed by atoms with Gasteiger partial charge in [0.2, 0.25) is 0 Å². The fourth-order valence-corrected chi connectivity index (χ4v) is 3.75. The molecule has 1 aliphatic heterocycles. The molecule has 1 N–H and O–H groups in total. The number of carbonyl (C=O) groups excluding carboxylic acids is 2. The fourth-order valence-electron chi connectivity index (χ4n) is 3.47. The molecule has 8 heteroatoms. The summed E-state index contributed by atoms with van der Waals surface area (Å²) in [5.74, 6) is 0.696. The number of benzene rings is 3. The van der Waals surface area contributed by atoms with Crippen molar-refractivity contribution < 1.29 is 23.8 Å². The second-order valence-electron chi connectivity index (χ2n) is 7.71. The number of thiocarbonyl (C=S) groups is 1. The van der Waals surface area contributed by atoms with Gasteiger partial charge in [-0.25, -0.2) is 0 Å². The lowest BCUT2D eigenvalue weighted by Crippen LogP contribution is -2.54. The summed E-state index contributed by atoms with van der Waals surface area (Å²) < 4.78 is 16.9. The van der Waals surface area contributed by atoms with Gasteiger partial charge in [-0.2, -0.15) is 0 Å². The summed E-state index contributed by atoms with van der Waals surface area (Å²) in [6.45, 7) is 2.63. The van der Waals surface area contributed by atoms with Crippen LogP contribution in [-0.4, -0.2) is 37.3 Å². The first kappa shape index (κ1) is 24.0. The second kappa shape index (κ2) is 10.8. The molecule has 0 atom stereocenters. The first-order chi connectivity index (χ1) is 17.0. The summed E-state index contributed by atoms with van der Waals surface area (Å²) in [6, 6.07) is 21.9. The van der Waals surface area contributed by atoms with Crippen molar-refractivity contribution in [1.82, 2.24) is 5.32 Å². The Morgan fingerprint density at radius 2 is 1.63 bits per heavy atom. The summed E-state index contributed by atoms with van der Waals surface area (Å²) in [5, 5.41) is 2.63. The van der Waals surface area contributed by atoms with E-state index in [1.165, 1.54) is 18.1 Å². The summed E-state index contributed by atoms with van der Waals surface area (Å²) in [5.41, 5.74) is 2.19. The number of nitrogens with one attached hydrogen (secondary N) is 1. The van der Waals surface area contributed by atoms with Gasteiger partial charge < -0.3 is 14.2 Å². The minimum Gasteiger partial charge on any atom is -0.493 e. The molecule has 0 radical (unpaired) electrons. The number of rotatable bonds is 8. The van der Waals surface area contributed by atoms with Gasteiger partial charge in [-0.15, -0.1) is 0 Å². The molecule has 0 unspecified atom stereocenters. The Balaban J connectivity index is 1.49. The van der Waals surface area contributed by atoms with E-state index in [0.29, 0.717) is 36.0 Å². The average molecular weight is 489 g/mol. The highest BCUT2D eigenvalue weighted by molar-refractivity contribution is 7.80. The summed E-state index contributed by atoms with van der Waals surface area (Å²) in [7, 11) is 1.52. The number of methoxy groups -OCH3 is 1. The van der Waals surface area contributed by atoms with Crippen molar-refractivity contribution in [2.75, 3.05) is 25.2 Å². The SMILES string of the molecule is COc1cc(C=C2C(=O)NC(=S)N(c3ccc(C)cc3)C2=O)ccc1OCCOc1ccccc1. The largest absolute Gasteiger partial charge is 0.493 e. The lowest BCUT2D eigenvalue weighted by Gasteiger charge is -2.29. The maximum absolute atomic E-state index is 13.2. The molecule has 7 nitrogen and oxygen atoms in total. The zero-order valence-electron chi connectivity index (χ0n) is 19.3. The Kier molecular flexibility index (Phi) is 7.42. The van der Waals surface area contributed by atoms with E-state index in [1.54, 1.807) is 30.3 Å². The topological polar surface area (TPSA) is 77.1 Å². The van der Waals surface area contributed by atoms with Crippen LogP contribution in [-0.2, 0) is 9.59 Å². The van der Waals surface area contributed by atoms with E-state index >= 15 is 0 Å². The van der Waals surface area contributed by atoms with E-state index in [0.717, 1.165) is 11.3 Å². The first-order valence-electron chi connectivity index (χ1n) is 10.9. The van der Waals surface area contributed by atoms with Crippen LogP contribution in [0.1, 0.15) is 11.1 Å². The predicted molar refractivity (Wildman–Crippen MR) is 138 cm³/mol. The number of aryl methyl sites for hydroxylation is 1. The molecule has 0 aromatic heterocycles. The van der Waals surface area contributed by atoms with Crippen LogP contribution in [0.25, 0.3) is 6.08 Å². The molecule has 1 fully saturated rings. The zero-order chi connectivity index (χ0) is 24.8. The van der Waals surface area contributed by atoms with Crippen molar-refractivity contribution in [2.24, 2.45) is 0 Å². The summed E-state index contributed by atoms with van der Waals surface area (Å²) in [6.07, 6.45) is 1.51. The van der Waals surface area contributed by atoms with E-state index < -0.39 is 11.8 Å². The molecule has 0 saturated carbocycles. The fraction of sp³-hybridized carbons (Fsp3) is 0.148. The number of amides is 2. The molecular formula is C27H24N2O5S. The van der Waals surface area contributed by atoms with Crippen molar-refractivity contribution >= 4 is 40.9 Å². The highest BCUT2D eigenvalue weighted by atomic mass is 32.1. The number of anilines is 1. The van der Waals surface area contributed by atoms with Crippen LogP contribution in [0.4, 0.5) is 5.69 Å². The first-order valence-corrected chi connectivity index (χ1v) is 11.3. The minimum absolute atomic E-state index is 0.0360. The lowest BCUT2D eigenvalue weighted by atomic mass is 10.1. The Bertz CT molecular complexity index is 1270. The van der Waals surface area contributed by atoms with E-state index in [2.05, 4.69) is 5.32 Å². The van der Waals surface area contributed by atoms with E-state index in [9.17, 15) is 9.59 Å². The van der Waals surface area contributed by atoms with Crippen molar-refractivity contribution in [3.8, 4) is 17.2 Å². The number of carbonyl (C=O) groups is 2. The van der Waals surface area contributed by atoms with Gasteiger partial charge in [0, 0.05) is 0 Å². The highest BCUT2D eigenvalue weighted by Gasteiger charge is 2.34. The van der Waals surface area contributed by atoms with Crippen LogP contribution in [0.2, 0.25) is 0 Å². The molecule has 0 spiro atoms. The molecule has 178 valence electrons. The Morgan fingerprint density at radius 1 is 0.914 bits per heavy atom. The number of ether oxygens (including phenoxy) is 3. The van der Waals surface area contributed by atoms with E-state index in [1.807, 2.05) is 49.4 Å². The molecule has 0 aliphatic carbocycles. The summed E-state index contributed by atoms with van der Waals surface area (Å²) >= 11 is 5.25. The third-order valence-corrected chi connectivity index (χ3v) is 5.53. The molecular weight excluding hydrogens is 464 g/mol. The van der Waals surface area contributed by atoms with Crippen molar-refractivity contribution in [2.45, 2.75) is 6.92 Å². The van der Waals surface area contributed by atoms with E-state index in [4.69, 9.17) is 26.4 Å². The molecule has 3 aromatic rings. The van der Waals surface area contributed by atoms with Gasteiger partial charge in [0.1, 0.15) is 24.5 Å². The number of hydrogen-bond donors (Lipinski definition) is 1. The van der Waals surface area contributed by atoms with Gasteiger partial charge in [-0.1, -0.05) is 42.0 Å². The smallest absolute Gasteiger partial charge is 0.270 e. The molecule has 0 bridgehead atoms. The number of hydrogen-bond acceptors (Lipinski definition) is 6. The van der Waals surface area contributed by atoms with Gasteiger partial charge >= 0.3 is 0 Å². The number of para-hydroxylation sites is 1. The molecule has 3 aromatic carbocycles. The van der Waals surface area contributed by atoms with Crippen LogP contribution in [0.3, 0.4) is 0 Å². The van der Waals surface area contributed by atoms with Crippen molar-refractivity contribution in [3.05, 3.63) is 89.5 Å². The average Bonchev–Trinajstić information content (AvgIpc) is 2.86. The molecule has 1 saturated heterocycles. The highest BCUT2D eigenvalue weighted by Crippen LogP contribution is 2.30. The molecule has 4 rings (SSSR count). The molecule has 2 amide bonds. The zero-order valence-corrected chi connectivity index (χ0v) is 20.1.